The maximum Gasteiger partial charge on any atom is 0.00324 e. The van der Waals surface area contributed by atoms with Crippen LogP contribution < -0.4 is 5.32 Å². The van der Waals surface area contributed by atoms with Crippen LogP contribution in [-0.2, 0) is 6.42 Å². The first-order valence-corrected chi connectivity index (χ1v) is 6.70. The smallest absolute Gasteiger partial charge is 0.00324 e. The van der Waals surface area contributed by atoms with Gasteiger partial charge >= 0.3 is 0 Å². The van der Waals surface area contributed by atoms with Crippen LogP contribution in [0.25, 0.3) is 6.08 Å². The van der Waals surface area contributed by atoms with Crippen LogP contribution in [0.2, 0.25) is 0 Å². The summed E-state index contributed by atoms with van der Waals surface area (Å²) in [4.78, 5) is 0. The van der Waals surface area contributed by atoms with Gasteiger partial charge in [-0.2, -0.15) is 0 Å². The van der Waals surface area contributed by atoms with E-state index in [1.165, 1.54) is 24.9 Å². The number of hydrogen-bond donors (Lipinski definition) is 1. The molecular formula is C16H22ClN. The summed E-state index contributed by atoms with van der Waals surface area (Å²) in [7, 11) is 0. The average Bonchev–Trinajstić information content (AvgIpc) is 2.72. The summed E-state index contributed by atoms with van der Waals surface area (Å²) in [5.41, 5.74) is 5.11. The van der Waals surface area contributed by atoms with Gasteiger partial charge in [0.2, 0.25) is 0 Å². The molecular weight excluding hydrogens is 242 g/mol. The number of halogens is 1. The lowest BCUT2D eigenvalue weighted by Gasteiger charge is -2.37. The fourth-order valence-corrected chi connectivity index (χ4v) is 3.60. The second-order valence-electron chi connectivity index (χ2n) is 5.75. The third kappa shape index (κ3) is 2.00. The van der Waals surface area contributed by atoms with Gasteiger partial charge in [0.25, 0.3) is 0 Å². The molecule has 2 atom stereocenters. The van der Waals surface area contributed by atoms with Gasteiger partial charge in [0, 0.05) is 19.0 Å². The Hall–Kier alpha value is -0.790. The summed E-state index contributed by atoms with van der Waals surface area (Å²) in [6.45, 7) is 6.89. The summed E-state index contributed by atoms with van der Waals surface area (Å²) < 4.78 is 0. The number of hydrogen-bond acceptors (Lipinski definition) is 1. The van der Waals surface area contributed by atoms with Gasteiger partial charge in [-0.15, -0.1) is 12.4 Å². The molecule has 0 saturated carbocycles. The second-order valence-corrected chi connectivity index (χ2v) is 5.75. The quantitative estimate of drug-likeness (QED) is 0.813. The molecule has 1 aromatic carbocycles. The Morgan fingerprint density at radius 3 is 3.00 bits per heavy atom. The largest absolute Gasteiger partial charge is 0.316 e. The Kier molecular flexibility index (Phi) is 3.84. The van der Waals surface area contributed by atoms with E-state index < -0.39 is 0 Å². The minimum atomic E-state index is 0. The zero-order valence-corrected chi connectivity index (χ0v) is 12.0. The van der Waals surface area contributed by atoms with Crippen LogP contribution in [0.15, 0.2) is 24.3 Å². The highest BCUT2D eigenvalue weighted by molar-refractivity contribution is 5.85. The zero-order chi connectivity index (χ0) is 11.9. The number of rotatable bonds is 1. The molecule has 1 aliphatic carbocycles. The molecule has 0 amide bonds. The third-order valence-electron chi connectivity index (χ3n) is 4.63. The van der Waals surface area contributed by atoms with Gasteiger partial charge in [-0.3, -0.25) is 0 Å². The van der Waals surface area contributed by atoms with Gasteiger partial charge in [0.15, 0.2) is 0 Å². The molecule has 2 heteroatoms. The van der Waals surface area contributed by atoms with E-state index >= 15 is 0 Å². The number of allylic oxidation sites excluding steroid dienone is 1. The predicted octanol–water partition coefficient (Wildman–Crippen LogP) is 3.78. The van der Waals surface area contributed by atoms with E-state index in [1.54, 1.807) is 11.1 Å². The van der Waals surface area contributed by atoms with E-state index in [2.05, 4.69) is 49.5 Å². The highest BCUT2D eigenvalue weighted by atomic mass is 35.5. The van der Waals surface area contributed by atoms with Crippen LogP contribution in [0.1, 0.15) is 42.9 Å². The van der Waals surface area contributed by atoms with Gasteiger partial charge < -0.3 is 5.32 Å². The minimum Gasteiger partial charge on any atom is -0.316 e. The second kappa shape index (κ2) is 5.07. The van der Waals surface area contributed by atoms with Crippen molar-refractivity contribution in [3.05, 3.63) is 41.0 Å². The fraction of sp³-hybridized carbons (Fsp3) is 0.500. The monoisotopic (exact) mass is 263 g/mol. The first kappa shape index (κ1) is 13.6. The van der Waals surface area contributed by atoms with Crippen LogP contribution in [0, 0.1) is 5.41 Å². The van der Waals surface area contributed by atoms with E-state index in [4.69, 9.17) is 0 Å². The minimum absolute atomic E-state index is 0. The van der Waals surface area contributed by atoms with Crippen molar-refractivity contribution in [3.8, 4) is 0 Å². The molecule has 0 radical (unpaired) electrons. The van der Waals surface area contributed by atoms with Crippen molar-refractivity contribution in [2.75, 3.05) is 13.1 Å². The first-order chi connectivity index (χ1) is 8.24. The molecule has 98 valence electrons. The summed E-state index contributed by atoms with van der Waals surface area (Å²) in [6.07, 6.45) is 6.97. The Balaban J connectivity index is 0.00000120. The van der Waals surface area contributed by atoms with E-state index in [-0.39, 0.29) is 12.4 Å². The van der Waals surface area contributed by atoms with Gasteiger partial charge in [0.05, 0.1) is 0 Å². The fourth-order valence-electron chi connectivity index (χ4n) is 3.60. The Morgan fingerprint density at radius 1 is 1.39 bits per heavy atom. The van der Waals surface area contributed by atoms with Crippen LogP contribution in [-0.4, -0.2) is 13.1 Å². The zero-order valence-electron chi connectivity index (χ0n) is 11.2. The standard InChI is InChI=1S/C16H21N.ClH/c1-3-5-12-6-4-7-14-13(12)8-9-16(2)11-17-10-15(14)16;/h3-7,15,17H,8-11H2,1-2H3;1H. The molecule has 3 rings (SSSR count). The summed E-state index contributed by atoms with van der Waals surface area (Å²) in [5.74, 6) is 0.719. The Bertz CT molecular complexity index is 466. The topological polar surface area (TPSA) is 12.0 Å². The average molecular weight is 264 g/mol. The lowest BCUT2D eigenvalue weighted by atomic mass is 9.66. The summed E-state index contributed by atoms with van der Waals surface area (Å²) >= 11 is 0. The lowest BCUT2D eigenvalue weighted by molar-refractivity contribution is 0.277. The highest BCUT2D eigenvalue weighted by Crippen LogP contribution is 2.48. The summed E-state index contributed by atoms with van der Waals surface area (Å²) in [5, 5.41) is 3.58. The Labute approximate surface area is 116 Å². The van der Waals surface area contributed by atoms with E-state index in [9.17, 15) is 0 Å². The molecule has 1 saturated heterocycles. The van der Waals surface area contributed by atoms with Gasteiger partial charge in [-0.1, -0.05) is 37.3 Å². The molecule has 1 aromatic rings. The SMILES string of the molecule is CC=Cc1cccc2c1CCC1(C)CNCC21.Cl. The molecule has 1 N–H and O–H groups in total. The van der Waals surface area contributed by atoms with Crippen LogP contribution in [0.5, 0.6) is 0 Å². The van der Waals surface area contributed by atoms with E-state index in [0.29, 0.717) is 5.41 Å². The number of benzene rings is 1. The normalized spacial score (nSPS) is 29.8. The molecule has 1 heterocycles. The molecule has 0 aromatic heterocycles. The molecule has 0 bridgehead atoms. The van der Waals surface area contributed by atoms with Crippen molar-refractivity contribution < 1.29 is 0 Å². The van der Waals surface area contributed by atoms with Crippen molar-refractivity contribution in [2.24, 2.45) is 5.41 Å². The summed E-state index contributed by atoms with van der Waals surface area (Å²) in [6, 6.07) is 6.82. The van der Waals surface area contributed by atoms with Crippen molar-refractivity contribution in [3.63, 3.8) is 0 Å². The maximum atomic E-state index is 3.58. The molecule has 1 aliphatic heterocycles. The number of nitrogens with one attached hydrogen (secondary N) is 1. The number of fused-ring (bicyclic) bond motifs is 3. The molecule has 18 heavy (non-hydrogen) atoms. The maximum absolute atomic E-state index is 3.58. The van der Waals surface area contributed by atoms with Crippen LogP contribution in [0.3, 0.4) is 0 Å². The van der Waals surface area contributed by atoms with Crippen molar-refractivity contribution in [1.82, 2.24) is 5.32 Å². The van der Waals surface area contributed by atoms with Crippen molar-refractivity contribution >= 4 is 18.5 Å². The van der Waals surface area contributed by atoms with E-state index in [1.807, 2.05) is 0 Å². The Morgan fingerprint density at radius 2 is 2.22 bits per heavy atom. The molecule has 1 fully saturated rings. The van der Waals surface area contributed by atoms with Crippen LogP contribution in [0.4, 0.5) is 0 Å². The van der Waals surface area contributed by atoms with E-state index in [0.717, 1.165) is 12.5 Å². The molecule has 0 spiro atoms. The predicted molar refractivity (Wildman–Crippen MR) is 80.4 cm³/mol. The third-order valence-corrected chi connectivity index (χ3v) is 4.63. The van der Waals surface area contributed by atoms with Crippen molar-refractivity contribution in [2.45, 2.75) is 32.6 Å². The molecule has 2 unspecified atom stereocenters. The highest BCUT2D eigenvalue weighted by Gasteiger charge is 2.43. The van der Waals surface area contributed by atoms with Gasteiger partial charge in [0.1, 0.15) is 0 Å². The first-order valence-electron chi connectivity index (χ1n) is 6.70. The molecule has 2 aliphatic rings. The van der Waals surface area contributed by atoms with Crippen molar-refractivity contribution in [1.29, 1.82) is 0 Å². The molecule has 1 nitrogen and oxygen atoms in total. The lowest BCUT2D eigenvalue weighted by Crippen LogP contribution is -2.30. The van der Waals surface area contributed by atoms with Gasteiger partial charge in [-0.05, 0) is 41.9 Å². The van der Waals surface area contributed by atoms with Crippen LogP contribution >= 0.6 is 12.4 Å². The van der Waals surface area contributed by atoms with Gasteiger partial charge in [-0.25, -0.2) is 0 Å².